The van der Waals surface area contributed by atoms with Crippen LogP contribution in [0.4, 0.5) is 11.4 Å². The molecular formula is C19H23N3O3. The Morgan fingerprint density at radius 1 is 1.24 bits per heavy atom. The van der Waals surface area contributed by atoms with Crippen molar-refractivity contribution in [2.45, 2.75) is 56.6 Å². The van der Waals surface area contributed by atoms with Crippen molar-refractivity contribution >= 4 is 22.3 Å². The van der Waals surface area contributed by atoms with E-state index in [0.717, 1.165) is 38.0 Å². The average Bonchev–Trinajstić information content (AvgIpc) is 2.62. The standard InChI is InChI=1S/C19H23N3O3/c23-22(24)17-7-6-16(18-15(17)5-4-11-20-18)21-14-8-12-25-19(13-14)9-2-1-3-10-19/h4-7,11,14,21H,1-3,8-10,12-13H2. The van der Waals surface area contributed by atoms with E-state index < -0.39 is 0 Å². The maximum absolute atomic E-state index is 11.3. The summed E-state index contributed by atoms with van der Waals surface area (Å²) in [5.41, 5.74) is 1.67. The van der Waals surface area contributed by atoms with Gasteiger partial charge in [-0.1, -0.05) is 19.3 Å². The van der Waals surface area contributed by atoms with Gasteiger partial charge in [-0.15, -0.1) is 0 Å². The highest BCUT2D eigenvalue weighted by Gasteiger charge is 2.38. The van der Waals surface area contributed by atoms with E-state index in [9.17, 15) is 10.1 Å². The van der Waals surface area contributed by atoms with Crippen molar-refractivity contribution in [1.82, 2.24) is 4.98 Å². The molecule has 1 aliphatic carbocycles. The number of anilines is 1. The second kappa shape index (κ2) is 6.59. The van der Waals surface area contributed by atoms with Crippen LogP contribution in [-0.2, 0) is 4.74 Å². The predicted molar refractivity (Wildman–Crippen MR) is 96.8 cm³/mol. The van der Waals surface area contributed by atoms with E-state index >= 15 is 0 Å². The molecule has 1 atom stereocenters. The number of pyridine rings is 1. The molecule has 2 heterocycles. The minimum Gasteiger partial charge on any atom is -0.380 e. The molecule has 0 amide bonds. The minimum absolute atomic E-state index is 0.0260. The summed E-state index contributed by atoms with van der Waals surface area (Å²) in [4.78, 5) is 15.3. The molecule has 1 N–H and O–H groups in total. The van der Waals surface area contributed by atoms with Crippen LogP contribution in [0.15, 0.2) is 30.5 Å². The SMILES string of the molecule is O=[N+]([O-])c1ccc(NC2CCOC3(CCCCC3)C2)c2ncccc12. The summed E-state index contributed by atoms with van der Waals surface area (Å²) in [6.45, 7) is 0.774. The Bertz CT molecular complexity index is 781. The Balaban J connectivity index is 1.60. The molecule has 0 radical (unpaired) electrons. The van der Waals surface area contributed by atoms with Crippen molar-refractivity contribution in [1.29, 1.82) is 0 Å². The largest absolute Gasteiger partial charge is 0.380 e. The predicted octanol–water partition coefficient (Wildman–Crippen LogP) is 4.44. The van der Waals surface area contributed by atoms with Crippen molar-refractivity contribution in [3.8, 4) is 0 Å². The fraction of sp³-hybridized carbons (Fsp3) is 0.526. The molecule has 6 heteroatoms. The molecule has 1 unspecified atom stereocenters. The molecule has 2 aromatic rings. The van der Waals surface area contributed by atoms with Gasteiger partial charge in [0.15, 0.2) is 0 Å². The lowest BCUT2D eigenvalue weighted by atomic mass is 9.78. The van der Waals surface area contributed by atoms with E-state index in [4.69, 9.17) is 4.74 Å². The lowest BCUT2D eigenvalue weighted by molar-refractivity contribution is -0.383. The number of nitrogens with zero attached hydrogens (tertiary/aromatic N) is 2. The van der Waals surface area contributed by atoms with Gasteiger partial charge in [-0.2, -0.15) is 0 Å². The third-order valence-electron chi connectivity index (χ3n) is 5.56. The van der Waals surface area contributed by atoms with Crippen molar-refractivity contribution in [2.24, 2.45) is 0 Å². The van der Waals surface area contributed by atoms with Crippen LogP contribution in [0.5, 0.6) is 0 Å². The number of nitro benzene ring substituents is 1. The third-order valence-corrected chi connectivity index (χ3v) is 5.56. The number of hydrogen-bond donors (Lipinski definition) is 1. The van der Waals surface area contributed by atoms with Gasteiger partial charge in [0.05, 0.1) is 21.6 Å². The number of hydrogen-bond acceptors (Lipinski definition) is 5. The first-order chi connectivity index (χ1) is 12.2. The first-order valence-electron chi connectivity index (χ1n) is 9.10. The lowest BCUT2D eigenvalue weighted by Gasteiger charge is -2.44. The van der Waals surface area contributed by atoms with E-state index in [2.05, 4.69) is 10.3 Å². The average molecular weight is 341 g/mol. The maximum Gasteiger partial charge on any atom is 0.278 e. The normalized spacial score (nSPS) is 22.8. The smallest absolute Gasteiger partial charge is 0.278 e. The summed E-state index contributed by atoms with van der Waals surface area (Å²) in [6.07, 6.45) is 9.72. The van der Waals surface area contributed by atoms with Crippen LogP contribution in [-0.4, -0.2) is 28.2 Å². The number of fused-ring (bicyclic) bond motifs is 1. The molecule has 1 spiro atoms. The number of nitro groups is 1. The number of nitrogens with one attached hydrogen (secondary N) is 1. The molecule has 0 bridgehead atoms. The van der Waals surface area contributed by atoms with Gasteiger partial charge in [0, 0.05) is 24.9 Å². The molecule has 1 aromatic carbocycles. The maximum atomic E-state index is 11.3. The van der Waals surface area contributed by atoms with Gasteiger partial charge in [-0.3, -0.25) is 15.1 Å². The fourth-order valence-electron chi connectivity index (χ4n) is 4.35. The Morgan fingerprint density at radius 3 is 2.88 bits per heavy atom. The van der Waals surface area contributed by atoms with E-state index in [1.165, 1.54) is 19.3 Å². The highest BCUT2D eigenvalue weighted by molar-refractivity contribution is 5.96. The summed E-state index contributed by atoms with van der Waals surface area (Å²) in [7, 11) is 0. The second-order valence-corrected chi connectivity index (χ2v) is 7.22. The van der Waals surface area contributed by atoms with Gasteiger partial charge in [0.2, 0.25) is 0 Å². The minimum atomic E-state index is -0.348. The summed E-state index contributed by atoms with van der Waals surface area (Å²) < 4.78 is 6.17. The summed E-state index contributed by atoms with van der Waals surface area (Å²) in [5.74, 6) is 0. The molecular weight excluding hydrogens is 318 g/mol. The highest BCUT2D eigenvalue weighted by atomic mass is 16.6. The second-order valence-electron chi connectivity index (χ2n) is 7.22. The van der Waals surface area contributed by atoms with E-state index in [0.29, 0.717) is 16.9 Å². The van der Waals surface area contributed by atoms with Gasteiger partial charge in [-0.05, 0) is 43.9 Å². The van der Waals surface area contributed by atoms with Crippen molar-refractivity contribution in [3.63, 3.8) is 0 Å². The van der Waals surface area contributed by atoms with Gasteiger partial charge in [-0.25, -0.2) is 0 Å². The third kappa shape index (κ3) is 3.18. The summed E-state index contributed by atoms with van der Waals surface area (Å²) in [5, 5.41) is 15.4. The Labute approximate surface area is 146 Å². The quantitative estimate of drug-likeness (QED) is 0.660. The van der Waals surface area contributed by atoms with Crippen LogP contribution in [0, 0.1) is 10.1 Å². The van der Waals surface area contributed by atoms with Gasteiger partial charge in [0.25, 0.3) is 5.69 Å². The number of aromatic nitrogens is 1. The monoisotopic (exact) mass is 341 g/mol. The number of benzene rings is 1. The lowest BCUT2D eigenvalue weighted by Crippen LogP contribution is -2.45. The van der Waals surface area contributed by atoms with Crippen LogP contribution in [0.3, 0.4) is 0 Å². The van der Waals surface area contributed by atoms with E-state index in [1.807, 2.05) is 0 Å². The molecule has 1 aliphatic heterocycles. The molecule has 25 heavy (non-hydrogen) atoms. The van der Waals surface area contributed by atoms with Crippen molar-refractivity contribution in [3.05, 3.63) is 40.6 Å². The zero-order chi connectivity index (χ0) is 17.3. The van der Waals surface area contributed by atoms with Crippen molar-refractivity contribution < 1.29 is 9.66 Å². The zero-order valence-corrected chi connectivity index (χ0v) is 14.2. The molecule has 2 aliphatic rings. The van der Waals surface area contributed by atoms with Gasteiger partial charge < -0.3 is 10.1 Å². The Kier molecular flexibility index (Phi) is 4.29. The zero-order valence-electron chi connectivity index (χ0n) is 14.2. The Hall–Kier alpha value is -2.21. The summed E-state index contributed by atoms with van der Waals surface area (Å²) in [6, 6.07) is 7.18. The molecule has 132 valence electrons. The van der Waals surface area contributed by atoms with E-state index in [-0.39, 0.29) is 16.2 Å². The van der Waals surface area contributed by atoms with Crippen LogP contribution in [0.2, 0.25) is 0 Å². The van der Waals surface area contributed by atoms with Gasteiger partial charge in [0.1, 0.15) is 5.52 Å². The molecule has 6 nitrogen and oxygen atoms in total. The molecule has 1 saturated carbocycles. The summed E-state index contributed by atoms with van der Waals surface area (Å²) >= 11 is 0. The molecule has 1 saturated heterocycles. The number of non-ortho nitro benzene ring substituents is 1. The van der Waals surface area contributed by atoms with E-state index in [1.54, 1.807) is 30.5 Å². The first kappa shape index (κ1) is 16.3. The van der Waals surface area contributed by atoms with Crippen LogP contribution in [0.25, 0.3) is 10.9 Å². The van der Waals surface area contributed by atoms with Crippen LogP contribution >= 0.6 is 0 Å². The molecule has 4 rings (SSSR count). The first-order valence-corrected chi connectivity index (χ1v) is 9.10. The van der Waals surface area contributed by atoms with Crippen LogP contribution in [0.1, 0.15) is 44.9 Å². The highest BCUT2D eigenvalue weighted by Crippen LogP contribution is 2.40. The fourth-order valence-corrected chi connectivity index (χ4v) is 4.35. The topological polar surface area (TPSA) is 77.3 Å². The number of rotatable bonds is 3. The number of ether oxygens (including phenoxy) is 1. The molecule has 2 fully saturated rings. The van der Waals surface area contributed by atoms with Crippen molar-refractivity contribution in [2.75, 3.05) is 11.9 Å². The Morgan fingerprint density at radius 2 is 2.08 bits per heavy atom. The van der Waals surface area contributed by atoms with Crippen LogP contribution < -0.4 is 5.32 Å². The van der Waals surface area contributed by atoms with Gasteiger partial charge >= 0.3 is 0 Å². The molecule has 1 aromatic heterocycles.